The molecule has 0 aliphatic carbocycles. The van der Waals surface area contributed by atoms with Crippen LogP contribution in [0.2, 0.25) is 0 Å². The van der Waals surface area contributed by atoms with Gasteiger partial charge in [-0.25, -0.2) is 4.79 Å². The van der Waals surface area contributed by atoms with Gasteiger partial charge in [0.1, 0.15) is 17.1 Å². The van der Waals surface area contributed by atoms with Crippen molar-refractivity contribution in [3.63, 3.8) is 0 Å². The number of hydrogen-bond acceptors (Lipinski definition) is 4. The molecule has 4 heteroatoms. The summed E-state index contributed by atoms with van der Waals surface area (Å²) >= 11 is 0. The van der Waals surface area contributed by atoms with Crippen LogP contribution in [0.4, 0.5) is 0 Å². The van der Waals surface area contributed by atoms with E-state index >= 15 is 0 Å². The van der Waals surface area contributed by atoms with E-state index in [-0.39, 0.29) is 0 Å². The molecule has 0 N–H and O–H groups in total. The van der Waals surface area contributed by atoms with Crippen molar-refractivity contribution in [2.24, 2.45) is 5.92 Å². The number of carbonyl (C=O) groups excluding carboxylic acids is 1. The van der Waals surface area contributed by atoms with Crippen LogP contribution in [0.15, 0.2) is 30.4 Å². The second-order valence-corrected chi connectivity index (χ2v) is 10.0. The van der Waals surface area contributed by atoms with Gasteiger partial charge >= 0.3 is 5.97 Å². The van der Waals surface area contributed by atoms with Crippen molar-refractivity contribution in [3.05, 3.63) is 41.5 Å². The summed E-state index contributed by atoms with van der Waals surface area (Å²) in [4.78, 5) is 14.5. The highest BCUT2D eigenvalue weighted by Gasteiger charge is 2.39. The zero-order valence-corrected chi connectivity index (χ0v) is 21.0. The van der Waals surface area contributed by atoms with Crippen molar-refractivity contribution >= 4 is 11.5 Å². The van der Waals surface area contributed by atoms with Crippen LogP contribution in [0.1, 0.15) is 83.8 Å². The lowest BCUT2D eigenvalue weighted by Gasteiger charge is -2.42. The van der Waals surface area contributed by atoms with Crippen molar-refractivity contribution in [3.8, 4) is 23.8 Å². The minimum absolute atomic E-state index is 0.319. The van der Waals surface area contributed by atoms with E-state index in [0.717, 1.165) is 36.4 Å². The zero-order valence-electron chi connectivity index (χ0n) is 21.0. The monoisotopic (exact) mass is 449 g/mol. The molecule has 1 aromatic carbocycles. The summed E-state index contributed by atoms with van der Waals surface area (Å²) < 4.78 is 12.4. The number of esters is 1. The molecule has 0 aromatic heterocycles. The fourth-order valence-electron chi connectivity index (χ4n) is 5.09. The van der Waals surface area contributed by atoms with E-state index < -0.39 is 11.6 Å². The van der Waals surface area contributed by atoms with E-state index in [2.05, 4.69) is 58.1 Å². The lowest BCUT2D eigenvalue weighted by molar-refractivity contribution is -0.128. The number of unbranched alkanes of at least 4 members (excludes halogenated alkanes) is 2. The molecule has 0 saturated heterocycles. The highest BCUT2D eigenvalue weighted by Crippen LogP contribution is 2.49. The average Bonchev–Trinajstić information content (AvgIpc) is 2.77. The van der Waals surface area contributed by atoms with Crippen LogP contribution in [0, 0.1) is 18.3 Å². The normalized spacial score (nSPS) is 18.9. The molecule has 2 unspecified atom stereocenters. The molecule has 2 aliphatic rings. The van der Waals surface area contributed by atoms with Crippen LogP contribution < -0.4 is 9.47 Å². The zero-order chi connectivity index (χ0) is 24.2. The molecule has 3 rings (SSSR count). The number of fused-ring (bicyclic) bond motifs is 2. The summed E-state index contributed by atoms with van der Waals surface area (Å²) in [5, 5.41) is 0. The van der Waals surface area contributed by atoms with Gasteiger partial charge in [-0.1, -0.05) is 59.0 Å². The molecule has 0 bridgehead atoms. The van der Waals surface area contributed by atoms with Crippen LogP contribution >= 0.6 is 0 Å². The predicted molar refractivity (Wildman–Crippen MR) is 136 cm³/mol. The molecular weight excluding hydrogens is 410 g/mol. The summed E-state index contributed by atoms with van der Waals surface area (Å²) in [5.74, 6) is 4.50. The molecular formula is C29H39NO3. The van der Waals surface area contributed by atoms with Gasteiger partial charge in [-0.3, -0.25) is 4.90 Å². The minimum Gasteiger partial charge on any atom is -0.483 e. The van der Waals surface area contributed by atoms with Gasteiger partial charge in [0.25, 0.3) is 0 Å². The molecule has 2 heterocycles. The Labute approximate surface area is 200 Å². The van der Waals surface area contributed by atoms with Gasteiger partial charge in [-0.05, 0) is 60.9 Å². The van der Waals surface area contributed by atoms with Crippen LogP contribution in [-0.4, -0.2) is 36.1 Å². The van der Waals surface area contributed by atoms with Crippen LogP contribution in [0.5, 0.6) is 11.5 Å². The second-order valence-electron chi connectivity index (χ2n) is 10.0. The van der Waals surface area contributed by atoms with E-state index in [0.29, 0.717) is 24.1 Å². The van der Waals surface area contributed by atoms with Crippen LogP contribution in [-0.2, 0) is 4.79 Å². The molecule has 0 spiro atoms. The Morgan fingerprint density at radius 2 is 2.12 bits per heavy atom. The topological polar surface area (TPSA) is 38.8 Å². The van der Waals surface area contributed by atoms with Crippen molar-refractivity contribution in [2.45, 2.75) is 78.2 Å². The Bertz CT molecular complexity index is 966. The molecule has 33 heavy (non-hydrogen) atoms. The number of hydrogen-bond donors (Lipinski definition) is 0. The summed E-state index contributed by atoms with van der Waals surface area (Å²) in [6.07, 6.45) is 12.6. The van der Waals surface area contributed by atoms with E-state index in [1.54, 1.807) is 0 Å². The molecule has 0 amide bonds. The Morgan fingerprint density at radius 1 is 1.36 bits per heavy atom. The van der Waals surface area contributed by atoms with Gasteiger partial charge in [0.05, 0.1) is 12.1 Å². The van der Waals surface area contributed by atoms with Gasteiger partial charge in [-0.2, -0.15) is 0 Å². The fraction of sp³-hybridized carbons (Fsp3) is 0.552. The average molecular weight is 450 g/mol. The van der Waals surface area contributed by atoms with Crippen LogP contribution in [0.25, 0.3) is 5.57 Å². The molecule has 178 valence electrons. The summed E-state index contributed by atoms with van der Waals surface area (Å²) in [5.41, 5.74) is 4.04. The van der Waals surface area contributed by atoms with E-state index in [4.69, 9.17) is 15.9 Å². The van der Waals surface area contributed by atoms with Crippen molar-refractivity contribution < 1.29 is 14.3 Å². The third-order valence-electron chi connectivity index (χ3n) is 7.24. The third kappa shape index (κ3) is 5.53. The predicted octanol–water partition coefficient (Wildman–Crippen LogP) is 6.36. The first-order valence-electron chi connectivity index (χ1n) is 12.3. The van der Waals surface area contributed by atoms with Gasteiger partial charge in [0.15, 0.2) is 0 Å². The molecule has 0 radical (unpaired) electrons. The molecule has 0 saturated carbocycles. The number of ether oxygens (including phenoxy) is 2. The maximum Gasteiger partial charge on any atom is 0.335 e. The third-order valence-corrected chi connectivity index (χ3v) is 7.24. The quantitative estimate of drug-likeness (QED) is 0.145. The summed E-state index contributed by atoms with van der Waals surface area (Å²) in [7, 11) is 0. The lowest BCUT2D eigenvalue weighted by Crippen LogP contribution is -2.42. The molecule has 2 aliphatic heterocycles. The minimum atomic E-state index is -0.457. The van der Waals surface area contributed by atoms with Crippen molar-refractivity contribution in [1.82, 2.24) is 4.90 Å². The SMILES string of the molecule is C#CCN1CCC2=C(C1)c1c(OC(=O)C=C)cc(C(C)C(C)CCCCC)cc1OC2(C)C. The second kappa shape index (κ2) is 10.6. The molecule has 1 aromatic rings. The van der Waals surface area contributed by atoms with E-state index in [9.17, 15) is 4.79 Å². The molecule has 2 atom stereocenters. The smallest absolute Gasteiger partial charge is 0.335 e. The van der Waals surface area contributed by atoms with Crippen LogP contribution in [0.3, 0.4) is 0 Å². The maximum absolute atomic E-state index is 12.3. The number of nitrogens with zero attached hydrogens (tertiary/aromatic N) is 1. The van der Waals surface area contributed by atoms with E-state index in [1.807, 2.05) is 6.07 Å². The first-order chi connectivity index (χ1) is 15.7. The Kier molecular flexibility index (Phi) is 8.08. The largest absolute Gasteiger partial charge is 0.483 e. The summed E-state index contributed by atoms with van der Waals surface area (Å²) in [6.45, 7) is 16.9. The highest BCUT2D eigenvalue weighted by molar-refractivity contribution is 5.88. The van der Waals surface area contributed by atoms with Gasteiger partial charge in [-0.15, -0.1) is 6.42 Å². The number of terminal acetylenes is 1. The Balaban J connectivity index is 2.07. The standard InChI is InChI=1S/C29H39NO3/c1-8-11-12-13-20(4)21(5)22-17-25(32-27(31)10-3)28-23-19-30(15-9-2)16-14-24(23)29(6,7)33-26(28)18-22/h2,10,17-18,20-21H,3,8,11-16,19H2,1,4-7H3. The van der Waals surface area contributed by atoms with Gasteiger partial charge in [0, 0.05) is 19.2 Å². The Hall–Kier alpha value is -2.51. The van der Waals surface area contributed by atoms with Crippen molar-refractivity contribution in [1.29, 1.82) is 0 Å². The summed E-state index contributed by atoms with van der Waals surface area (Å²) in [6, 6.07) is 4.20. The maximum atomic E-state index is 12.3. The lowest BCUT2D eigenvalue weighted by atomic mass is 9.79. The molecule has 4 nitrogen and oxygen atoms in total. The highest BCUT2D eigenvalue weighted by atomic mass is 16.5. The first kappa shape index (κ1) is 25.1. The number of carbonyl (C=O) groups is 1. The van der Waals surface area contributed by atoms with Crippen molar-refractivity contribution in [2.75, 3.05) is 19.6 Å². The molecule has 0 fully saturated rings. The van der Waals surface area contributed by atoms with E-state index in [1.165, 1.54) is 42.9 Å². The number of benzene rings is 1. The van der Waals surface area contributed by atoms with Gasteiger partial charge in [0.2, 0.25) is 0 Å². The number of rotatable bonds is 9. The fourth-order valence-corrected chi connectivity index (χ4v) is 5.09. The van der Waals surface area contributed by atoms with Gasteiger partial charge < -0.3 is 9.47 Å². The Morgan fingerprint density at radius 3 is 2.79 bits per heavy atom. The first-order valence-corrected chi connectivity index (χ1v) is 12.3.